The van der Waals surface area contributed by atoms with Crippen LogP contribution in [0.1, 0.15) is 0 Å². The molecule has 316 valence electrons. The van der Waals surface area contributed by atoms with Crippen molar-refractivity contribution in [3.8, 4) is 62.1 Å². The maximum absolute atomic E-state index is 6.69. The summed E-state index contributed by atoms with van der Waals surface area (Å²) >= 11 is 0. The van der Waals surface area contributed by atoms with E-state index in [0.717, 1.165) is 66.5 Å². The second kappa shape index (κ2) is 15.2. The Balaban J connectivity index is 0.911. The molecule has 11 aromatic carbocycles. The first kappa shape index (κ1) is 38.1. The summed E-state index contributed by atoms with van der Waals surface area (Å²) in [5, 5.41) is 12.2. The van der Waals surface area contributed by atoms with Crippen molar-refractivity contribution in [2.75, 3.05) is 0 Å². The molecule has 68 heavy (non-hydrogen) atoms. The van der Waals surface area contributed by atoms with Gasteiger partial charge in [-0.05, 0) is 103 Å². The Bertz CT molecular complexity index is 4210. The van der Waals surface area contributed by atoms with E-state index in [0.29, 0.717) is 17.5 Å². The summed E-state index contributed by atoms with van der Waals surface area (Å²) < 4.78 is 9.11. The molecule has 5 nitrogen and oxygen atoms in total. The molecule has 0 fully saturated rings. The van der Waals surface area contributed by atoms with Crippen LogP contribution in [0.5, 0.6) is 0 Å². The molecule has 0 atom stereocenters. The van der Waals surface area contributed by atoms with E-state index in [2.05, 4.69) is 174 Å². The van der Waals surface area contributed by atoms with Crippen LogP contribution in [-0.2, 0) is 0 Å². The van der Waals surface area contributed by atoms with Gasteiger partial charge in [0, 0.05) is 43.9 Å². The highest BCUT2D eigenvalue weighted by Gasteiger charge is 2.20. The fraction of sp³-hybridized carbons (Fsp3) is 0. The summed E-state index contributed by atoms with van der Waals surface area (Å²) in [7, 11) is 0. The Hall–Kier alpha value is -9.19. The molecular weight excluding hydrogens is 829 g/mol. The molecule has 14 rings (SSSR count). The molecule has 0 spiro atoms. The minimum Gasteiger partial charge on any atom is -0.456 e. The van der Waals surface area contributed by atoms with Crippen LogP contribution in [0.2, 0.25) is 0 Å². The van der Waals surface area contributed by atoms with E-state index in [-0.39, 0.29) is 0 Å². The van der Waals surface area contributed by atoms with Gasteiger partial charge in [-0.2, -0.15) is 0 Å². The number of furan rings is 1. The molecule has 0 N–H and O–H groups in total. The summed E-state index contributed by atoms with van der Waals surface area (Å²) in [6, 6.07) is 81.9. The van der Waals surface area contributed by atoms with Crippen molar-refractivity contribution in [3.63, 3.8) is 0 Å². The number of nitrogens with zero attached hydrogens (tertiary/aromatic N) is 4. The molecule has 0 aliphatic rings. The number of hydrogen-bond donors (Lipinski definition) is 0. The van der Waals surface area contributed by atoms with Gasteiger partial charge < -0.3 is 8.98 Å². The van der Waals surface area contributed by atoms with Crippen molar-refractivity contribution in [2.24, 2.45) is 0 Å². The van der Waals surface area contributed by atoms with Crippen molar-refractivity contribution < 1.29 is 4.42 Å². The molecule has 0 unspecified atom stereocenters. The van der Waals surface area contributed by atoms with E-state index >= 15 is 0 Å². The van der Waals surface area contributed by atoms with Crippen LogP contribution >= 0.6 is 0 Å². The van der Waals surface area contributed by atoms with E-state index in [1.807, 2.05) is 60.7 Å². The minimum atomic E-state index is 0.588. The average Bonchev–Trinajstić information content (AvgIpc) is 3.96. The molecule has 0 aliphatic heterocycles. The van der Waals surface area contributed by atoms with Crippen molar-refractivity contribution in [3.05, 3.63) is 231 Å². The summed E-state index contributed by atoms with van der Waals surface area (Å²) in [6.45, 7) is 0. The van der Waals surface area contributed by atoms with E-state index < -0.39 is 0 Å². The third-order valence-electron chi connectivity index (χ3n) is 13.6. The summed E-state index contributed by atoms with van der Waals surface area (Å²) in [4.78, 5) is 14.9. The van der Waals surface area contributed by atoms with Gasteiger partial charge in [0.1, 0.15) is 11.2 Å². The standard InChI is InChI=1S/C63H38N4O/c1-4-15-39(16-5-1)61-64-62(40-17-6-2-7-18-40)66-63(65-61)44-30-34-54-59(38-44)68-58-26-14-25-46(60(54)58)43-29-33-53-52-32-28-42(36-56(52)67(57(53)37-43)45-19-8-3-9-20-45)41-27-31-51-49-23-11-10-21-47(49)48-22-12-13-24-50(48)55(51)35-41/h1-38H. The number of aromatic nitrogens is 4. The quantitative estimate of drug-likeness (QED) is 0.156. The Labute approximate surface area is 390 Å². The Morgan fingerprint density at radius 1 is 0.279 bits per heavy atom. The Morgan fingerprint density at radius 3 is 1.35 bits per heavy atom. The van der Waals surface area contributed by atoms with Crippen LogP contribution < -0.4 is 0 Å². The largest absolute Gasteiger partial charge is 0.456 e. The SMILES string of the molecule is c1ccc(-c2nc(-c3ccccc3)nc(-c3ccc4c(c3)oc3cccc(-c5ccc6c7ccc(-c8ccc9c%10ccccc%10c%10ccccc%10c9c8)cc7n(-c7ccccc7)c6c5)c34)n2)cc1. The van der Waals surface area contributed by atoms with Crippen LogP contribution in [0.25, 0.3) is 138 Å². The lowest BCUT2D eigenvalue weighted by Crippen LogP contribution is -2.00. The first-order valence-corrected chi connectivity index (χ1v) is 23.0. The summed E-state index contributed by atoms with van der Waals surface area (Å²) in [5.74, 6) is 1.83. The van der Waals surface area contributed by atoms with Gasteiger partial charge in [-0.3, -0.25) is 0 Å². The van der Waals surface area contributed by atoms with Crippen LogP contribution in [0.15, 0.2) is 235 Å². The summed E-state index contributed by atoms with van der Waals surface area (Å²) in [6.07, 6.45) is 0. The van der Waals surface area contributed by atoms with Gasteiger partial charge in [-0.25, -0.2) is 15.0 Å². The van der Waals surface area contributed by atoms with Crippen molar-refractivity contribution in [1.82, 2.24) is 19.5 Å². The van der Waals surface area contributed by atoms with Crippen molar-refractivity contribution in [2.45, 2.75) is 0 Å². The van der Waals surface area contributed by atoms with Gasteiger partial charge in [0.2, 0.25) is 0 Å². The highest BCUT2D eigenvalue weighted by molar-refractivity contribution is 6.26. The van der Waals surface area contributed by atoms with Crippen molar-refractivity contribution in [1.29, 1.82) is 0 Å². The zero-order chi connectivity index (χ0) is 44.7. The lowest BCUT2D eigenvalue weighted by Gasteiger charge is -2.13. The van der Waals surface area contributed by atoms with Gasteiger partial charge in [-0.15, -0.1) is 0 Å². The first-order valence-electron chi connectivity index (χ1n) is 23.0. The molecule has 3 heterocycles. The monoisotopic (exact) mass is 866 g/mol. The molecule has 0 saturated heterocycles. The lowest BCUT2D eigenvalue weighted by atomic mass is 9.92. The van der Waals surface area contributed by atoms with Gasteiger partial charge in [0.15, 0.2) is 17.5 Å². The van der Waals surface area contributed by atoms with Gasteiger partial charge >= 0.3 is 0 Å². The first-order chi connectivity index (χ1) is 33.7. The average molecular weight is 867 g/mol. The molecule has 0 bridgehead atoms. The van der Waals surface area contributed by atoms with Gasteiger partial charge in [0.05, 0.1) is 11.0 Å². The van der Waals surface area contributed by atoms with Gasteiger partial charge in [-0.1, -0.05) is 182 Å². The fourth-order valence-electron chi connectivity index (χ4n) is 10.5. The molecule has 0 aliphatic carbocycles. The maximum Gasteiger partial charge on any atom is 0.164 e. The van der Waals surface area contributed by atoms with E-state index in [1.54, 1.807) is 0 Å². The summed E-state index contributed by atoms with van der Waals surface area (Å²) in [5.41, 5.74) is 12.3. The zero-order valence-electron chi connectivity index (χ0n) is 36.6. The third-order valence-corrected chi connectivity index (χ3v) is 13.6. The zero-order valence-corrected chi connectivity index (χ0v) is 36.6. The van der Waals surface area contributed by atoms with E-state index in [9.17, 15) is 0 Å². The minimum absolute atomic E-state index is 0.588. The molecule has 14 aromatic rings. The van der Waals surface area contributed by atoms with E-state index in [4.69, 9.17) is 19.4 Å². The van der Waals surface area contributed by atoms with Crippen LogP contribution in [-0.4, -0.2) is 19.5 Å². The molecule has 0 radical (unpaired) electrons. The number of fused-ring (bicyclic) bond motifs is 12. The molecule has 3 aromatic heterocycles. The normalized spacial score (nSPS) is 11.8. The van der Waals surface area contributed by atoms with Crippen LogP contribution in [0.3, 0.4) is 0 Å². The lowest BCUT2D eigenvalue weighted by molar-refractivity contribution is 0.669. The number of benzene rings is 11. The predicted molar refractivity (Wildman–Crippen MR) is 281 cm³/mol. The number of para-hydroxylation sites is 1. The second-order valence-electron chi connectivity index (χ2n) is 17.5. The second-order valence-corrected chi connectivity index (χ2v) is 17.5. The molecular formula is C63H38N4O. The Morgan fingerprint density at radius 2 is 0.735 bits per heavy atom. The molecule has 5 heteroatoms. The maximum atomic E-state index is 6.69. The van der Waals surface area contributed by atoms with Crippen LogP contribution in [0, 0.1) is 0 Å². The van der Waals surface area contributed by atoms with Crippen LogP contribution in [0.4, 0.5) is 0 Å². The highest BCUT2D eigenvalue weighted by Crippen LogP contribution is 2.43. The smallest absolute Gasteiger partial charge is 0.164 e. The Kier molecular flexibility index (Phi) is 8.52. The van der Waals surface area contributed by atoms with Gasteiger partial charge in [0.25, 0.3) is 0 Å². The number of rotatable bonds is 6. The van der Waals surface area contributed by atoms with Crippen molar-refractivity contribution >= 4 is 76.1 Å². The molecule has 0 amide bonds. The fourth-order valence-corrected chi connectivity index (χ4v) is 10.5. The third kappa shape index (κ3) is 6.06. The topological polar surface area (TPSA) is 56.7 Å². The highest BCUT2D eigenvalue weighted by atomic mass is 16.3. The van der Waals surface area contributed by atoms with E-state index in [1.165, 1.54) is 54.2 Å². The predicted octanol–water partition coefficient (Wildman–Crippen LogP) is 16.7. The number of hydrogen-bond acceptors (Lipinski definition) is 4. The molecule has 0 saturated carbocycles.